The number of ether oxygens (including phenoxy) is 1. The fraction of sp³-hybridized carbons (Fsp3) is 0.0800. The third kappa shape index (κ3) is 4.85. The van der Waals surface area contributed by atoms with Gasteiger partial charge in [-0.05, 0) is 48.5 Å². The van der Waals surface area contributed by atoms with E-state index in [-0.39, 0.29) is 16.8 Å². The van der Waals surface area contributed by atoms with E-state index in [4.69, 9.17) is 4.74 Å². The molecule has 0 aliphatic carbocycles. The Morgan fingerprint density at radius 2 is 1.39 bits per heavy atom. The number of esters is 1. The third-order valence-corrected chi connectivity index (χ3v) is 5.34. The molecular formula is C25H17N3O8. The van der Waals surface area contributed by atoms with E-state index in [1.807, 2.05) is 0 Å². The number of imide groups is 1. The van der Waals surface area contributed by atoms with Gasteiger partial charge in [-0.3, -0.25) is 34.1 Å². The van der Waals surface area contributed by atoms with Crippen molar-refractivity contribution in [1.82, 2.24) is 5.32 Å². The molecule has 4 rings (SSSR count). The molecule has 0 bridgehead atoms. The van der Waals surface area contributed by atoms with E-state index in [9.17, 15) is 34.1 Å². The van der Waals surface area contributed by atoms with Gasteiger partial charge in [0.15, 0.2) is 12.4 Å². The van der Waals surface area contributed by atoms with Crippen LogP contribution in [-0.4, -0.2) is 47.5 Å². The molecule has 0 fully saturated rings. The summed E-state index contributed by atoms with van der Waals surface area (Å²) in [5, 5.41) is 13.0. The number of rotatable bonds is 8. The fourth-order valence-corrected chi connectivity index (χ4v) is 3.49. The first-order valence-corrected chi connectivity index (χ1v) is 10.6. The van der Waals surface area contributed by atoms with Gasteiger partial charge in [-0.25, -0.2) is 4.90 Å². The minimum Gasteiger partial charge on any atom is -0.456 e. The zero-order valence-electron chi connectivity index (χ0n) is 18.5. The highest BCUT2D eigenvalue weighted by atomic mass is 16.6. The highest BCUT2D eigenvalue weighted by Gasteiger charge is 2.36. The molecule has 0 aromatic heterocycles. The van der Waals surface area contributed by atoms with Crippen LogP contribution in [0, 0.1) is 10.1 Å². The molecule has 1 aliphatic rings. The number of carbonyl (C=O) groups excluding carboxylic acids is 5. The van der Waals surface area contributed by atoms with Crippen molar-refractivity contribution in [2.24, 2.45) is 0 Å². The SMILES string of the molecule is O=C(CNC(=O)c1ccc(N2C(=O)c3ccccc3C2=O)cc1)OCC(=O)c1ccc([N+](=O)[O-])cc1. The Labute approximate surface area is 203 Å². The summed E-state index contributed by atoms with van der Waals surface area (Å²) in [5.74, 6) is -2.95. The molecule has 36 heavy (non-hydrogen) atoms. The molecule has 0 saturated heterocycles. The van der Waals surface area contributed by atoms with E-state index in [0.717, 1.165) is 17.0 Å². The Morgan fingerprint density at radius 1 is 0.833 bits per heavy atom. The number of hydrogen-bond acceptors (Lipinski definition) is 8. The Morgan fingerprint density at radius 3 is 1.94 bits per heavy atom. The summed E-state index contributed by atoms with van der Waals surface area (Å²) >= 11 is 0. The quantitative estimate of drug-likeness (QED) is 0.167. The van der Waals surface area contributed by atoms with E-state index >= 15 is 0 Å². The van der Waals surface area contributed by atoms with E-state index in [1.165, 1.54) is 36.4 Å². The van der Waals surface area contributed by atoms with Crippen LogP contribution in [0.1, 0.15) is 41.4 Å². The van der Waals surface area contributed by atoms with Crippen LogP contribution in [-0.2, 0) is 9.53 Å². The van der Waals surface area contributed by atoms with E-state index in [0.29, 0.717) is 16.8 Å². The lowest BCUT2D eigenvalue weighted by molar-refractivity contribution is -0.384. The molecule has 3 aromatic rings. The Kier molecular flexibility index (Phi) is 6.63. The number of nitro benzene ring substituents is 1. The first kappa shape index (κ1) is 24.0. The van der Waals surface area contributed by atoms with Crippen molar-refractivity contribution in [2.45, 2.75) is 0 Å². The van der Waals surface area contributed by atoms with Gasteiger partial charge in [0.25, 0.3) is 23.4 Å². The second-order valence-electron chi connectivity index (χ2n) is 7.61. The zero-order chi connectivity index (χ0) is 25.8. The first-order valence-electron chi connectivity index (χ1n) is 10.6. The van der Waals surface area contributed by atoms with Crippen LogP contribution in [0.3, 0.4) is 0 Å². The van der Waals surface area contributed by atoms with Crippen LogP contribution >= 0.6 is 0 Å². The number of hydrogen-bond donors (Lipinski definition) is 1. The molecule has 0 radical (unpaired) electrons. The summed E-state index contributed by atoms with van der Waals surface area (Å²) in [4.78, 5) is 72.5. The van der Waals surface area contributed by atoms with Crippen LogP contribution in [0.15, 0.2) is 72.8 Å². The summed E-state index contributed by atoms with van der Waals surface area (Å²) in [6.45, 7) is -1.10. The van der Waals surface area contributed by atoms with Crippen molar-refractivity contribution in [3.8, 4) is 0 Å². The molecule has 0 unspecified atom stereocenters. The molecule has 1 heterocycles. The van der Waals surface area contributed by atoms with Gasteiger partial charge in [0.2, 0.25) is 0 Å². The van der Waals surface area contributed by atoms with Gasteiger partial charge in [-0.1, -0.05) is 12.1 Å². The number of Topliss-reactive ketones (excluding diaryl/α,β-unsaturated/α-hetero) is 1. The molecule has 0 spiro atoms. The molecular weight excluding hydrogens is 470 g/mol. The monoisotopic (exact) mass is 487 g/mol. The van der Waals surface area contributed by atoms with Gasteiger partial charge in [-0.15, -0.1) is 0 Å². The number of nitrogens with one attached hydrogen (secondary N) is 1. The van der Waals surface area contributed by atoms with Crippen molar-refractivity contribution in [1.29, 1.82) is 0 Å². The Hall–Kier alpha value is -5.19. The van der Waals surface area contributed by atoms with Crippen LogP contribution in [0.5, 0.6) is 0 Å². The van der Waals surface area contributed by atoms with Gasteiger partial charge in [0, 0.05) is 23.3 Å². The number of nitro groups is 1. The molecule has 1 aliphatic heterocycles. The molecule has 180 valence electrons. The lowest BCUT2D eigenvalue weighted by Crippen LogP contribution is -2.32. The summed E-state index contributed by atoms with van der Waals surface area (Å²) < 4.78 is 4.84. The number of ketones is 1. The van der Waals surface area contributed by atoms with Crippen LogP contribution in [0.25, 0.3) is 0 Å². The second kappa shape index (κ2) is 9.97. The largest absolute Gasteiger partial charge is 0.456 e. The fourth-order valence-electron chi connectivity index (χ4n) is 3.49. The number of amides is 3. The van der Waals surface area contributed by atoms with E-state index in [1.54, 1.807) is 24.3 Å². The molecule has 0 atom stereocenters. The van der Waals surface area contributed by atoms with Crippen molar-refractivity contribution in [3.63, 3.8) is 0 Å². The predicted octanol–water partition coefficient (Wildman–Crippen LogP) is 2.55. The standard InChI is InChI=1S/C25H17N3O8/c29-21(15-5-11-18(12-6-15)28(34)35)14-36-22(30)13-26-23(31)16-7-9-17(10-8-16)27-24(32)19-3-1-2-4-20(19)25(27)33/h1-12H,13-14H2,(H,26,31). The lowest BCUT2D eigenvalue weighted by atomic mass is 10.1. The normalized spacial score (nSPS) is 12.2. The van der Waals surface area contributed by atoms with Gasteiger partial charge >= 0.3 is 5.97 Å². The summed E-state index contributed by atoms with van der Waals surface area (Å²) in [6, 6.07) is 17.0. The average molecular weight is 487 g/mol. The maximum atomic E-state index is 12.6. The molecule has 1 N–H and O–H groups in total. The van der Waals surface area contributed by atoms with Crippen molar-refractivity contribution in [2.75, 3.05) is 18.1 Å². The lowest BCUT2D eigenvalue weighted by Gasteiger charge is -2.14. The third-order valence-electron chi connectivity index (χ3n) is 5.34. The summed E-state index contributed by atoms with van der Waals surface area (Å²) in [5.41, 5.74) is 1.02. The Bertz CT molecular complexity index is 1360. The smallest absolute Gasteiger partial charge is 0.325 e. The van der Waals surface area contributed by atoms with Crippen LogP contribution in [0.4, 0.5) is 11.4 Å². The Balaban J connectivity index is 1.28. The van der Waals surface area contributed by atoms with Gasteiger partial charge < -0.3 is 10.1 Å². The van der Waals surface area contributed by atoms with E-state index < -0.39 is 47.5 Å². The molecule has 11 nitrogen and oxygen atoms in total. The van der Waals surface area contributed by atoms with Gasteiger partial charge in [0.1, 0.15) is 6.54 Å². The minimum absolute atomic E-state index is 0.135. The van der Waals surface area contributed by atoms with Gasteiger partial charge in [-0.2, -0.15) is 0 Å². The number of nitrogens with zero attached hydrogens (tertiary/aromatic N) is 2. The highest BCUT2D eigenvalue weighted by molar-refractivity contribution is 6.34. The highest BCUT2D eigenvalue weighted by Crippen LogP contribution is 2.28. The number of non-ortho nitro benzene ring substituents is 1. The predicted molar refractivity (Wildman–Crippen MR) is 125 cm³/mol. The van der Waals surface area contributed by atoms with E-state index in [2.05, 4.69) is 5.32 Å². The number of benzene rings is 3. The van der Waals surface area contributed by atoms with Crippen LogP contribution in [0.2, 0.25) is 0 Å². The molecule has 0 saturated carbocycles. The molecule has 3 aromatic carbocycles. The summed E-state index contributed by atoms with van der Waals surface area (Å²) in [7, 11) is 0. The topological polar surface area (TPSA) is 153 Å². The van der Waals surface area contributed by atoms with Gasteiger partial charge in [0.05, 0.1) is 21.7 Å². The average Bonchev–Trinajstić information content (AvgIpc) is 3.15. The maximum absolute atomic E-state index is 12.6. The van der Waals surface area contributed by atoms with Crippen LogP contribution < -0.4 is 10.2 Å². The van der Waals surface area contributed by atoms with Crippen molar-refractivity contribution >= 4 is 40.8 Å². The van der Waals surface area contributed by atoms with Crippen molar-refractivity contribution < 1.29 is 33.6 Å². The number of carbonyl (C=O) groups is 5. The molecule has 11 heteroatoms. The summed E-state index contributed by atoms with van der Waals surface area (Å²) in [6.07, 6.45) is 0. The second-order valence-corrected chi connectivity index (χ2v) is 7.61. The van der Waals surface area contributed by atoms with Crippen molar-refractivity contribution in [3.05, 3.63) is 105 Å². The minimum atomic E-state index is -0.860. The number of fused-ring (bicyclic) bond motifs is 1. The maximum Gasteiger partial charge on any atom is 0.325 e. The first-order chi connectivity index (χ1) is 17.3. The molecule has 3 amide bonds. The zero-order valence-corrected chi connectivity index (χ0v) is 18.5. The number of anilines is 1.